The first-order valence-corrected chi connectivity index (χ1v) is 11.6. The molecule has 0 aliphatic carbocycles. The first kappa shape index (κ1) is 25.9. The van der Waals surface area contributed by atoms with Crippen molar-refractivity contribution in [1.29, 1.82) is 10.5 Å². The Kier molecular flexibility index (Phi) is 7.27. The lowest BCUT2D eigenvalue weighted by molar-refractivity contribution is -0.137. The molecule has 3 aromatic heterocycles. The minimum absolute atomic E-state index is 0.0287. The molecule has 0 spiro atoms. The van der Waals surface area contributed by atoms with Gasteiger partial charge in [0.25, 0.3) is 0 Å². The van der Waals surface area contributed by atoms with Crippen molar-refractivity contribution in [2.24, 2.45) is 11.7 Å². The highest BCUT2D eigenvalue weighted by Gasteiger charge is 2.32. The van der Waals surface area contributed by atoms with Crippen LogP contribution < -0.4 is 11.1 Å². The van der Waals surface area contributed by atoms with Gasteiger partial charge in [0.2, 0.25) is 11.9 Å². The lowest BCUT2D eigenvalue weighted by atomic mass is 9.90. The molecule has 3 aromatic rings. The average Bonchev–Trinajstić information content (AvgIpc) is 3.31. The van der Waals surface area contributed by atoms with E-state index in [-0.39, 0.29) is 52.5 Å². The predicted octanol–water partition coefficient (Wildman–Crippen LogP) is 3.19. The number of hydrogen-bond acceptors (Lipinski definition) is 8. The summed E-state index contributed by atoms with van der Waals surface area (Å²) in [4.78, 5) is 29.4. The quantitative estimate of drug-likeness (QED) is 0.455. The molecule has 4 N–H and O–H groups in total. The number of fused-ring (bicyclic) bond motifs is 1. The van der Waals surface area contributed by atoms with Gasteiger partial charge in [0.15, 0.2) is 0 Å². The summed E-state index contributed by atoms with van der Waals surface area (Å²) in [7, 11) is 0. The molecule has 0 radical (unpaired) electrons. The summed E-state index contributed by atoms with van der Waals surface area (Å²) in [6, 6.07) is 3.97. The third-order valence-electron chi connectivity index (χ3n) is 6.57. The number of carbonyl (C=O) groups excluding carboxylic acids is 1. The van der Waals surface area contributed by atoms with E-state index in [0.29, 0.717) is 31.5 Å². The summed E-state index contributed by atoms with van der Waals surface area (Å²) in [6.45, 7) is 2.98. The Morgan fingerprint density at radius 1 is 1.30 bits per heavy atom. The van der Waals surface area contributed by atoms with Crippen LogP contribution in [-0.4, -0.2) is 55.9 Å². The number of hydrogen-bond donors (Lipinski definition) is 3. The second-order valence-corrected chi connectivity index (χ2v) is 8.95. The van der Waals surface area contributed by atoms with E-state index < -0.39 is 17.8 Å². The maximum absolute atomic E-state index is 13.2. The van der Waals surface area contributed by atoms with Crippen molar-refractivity contribution in [2.45, 2.75) is 44.4 Å². The minimum atomic E-state index is -4.57. The van der Waals surface area contributed by atoms with Crippen LogP contribution >= 0.6 is 0 Å². The zero-order chi connectivity index (χ0) is 26.7. The second-order valence-electron chi connectivity index (χ2n) is 8.95. The number of nitrogens with zero attached hydrogens (tertiary/aromatic N) is 6. The molecule has 37 heavy (non-hydrogen) atoms. The Hall–Kier alpha value is -4.23. The third-order valence-corrected chi connectivity index (χ3v) is 6.57. The van der Waals surface area contributed by atoms with Crippen molar-refractivity contribution < 1.29 is 18.0 Å². The van der Waals surface area contributed by atoms with Crippen LogP contribution in [0.1, 0.15) is 37.3 Å². The van der Waals surface area contributed by atoms with Crippen molar-refractivity contribution in [3.05, 3.63) is 35.8 Å². The van der Waals surface area contributed by atoms with Gasteiger partial charge in [0.05, 0.1) is 41.5 Å². The highest BCUT2D eigenvalue weighted by Crippen LogP contribution is 2.35. The summed E-state index contributed by atoms with van der Waals surface area (Å²) >= 11 is 0. The fourth-order valence-electron chi connectivity index (χ4n) is 4.45. The van der Waals surface area contributed by atoms with E-state index in [1.807, 2.05) is 19.1 Å². The van der Waals surface area contributed by atoms with Gasteiger partial charge in [0, 0.05) is 42.5 Å². The monoisotopic (exact) mass is 511 g/mol. The van der Waals surface area contributed by atoms with Gasteiger partial charge in [-0.15, -0.1) is 0 Å². The molecular formula is C24H24F3N9O. The zero-order valence-electron chi connectivity index (χ0n) is 19.9. The molecule has 13 heteroatoms. The molecule has 1 unspecified atom stereocenters. The number of carbonyl (C=O) groups is 1. The first-order valence-electron chi connectivity index (χ1n) is 11.6. The SMILES string of the molecule is C[C@@H](Nc1ncc(C#N)c(-c2c[nH]c3ncc(C(F)(F)F)cc23)n1)C1CCN(C(=O)C(N)CC#N)CC1. The first-order chi connectivity index (χ1) is 17.6. The molecular weight excluding hydrogens is 487 g/mol. The molecule has 1 saturated heterocycles. The highest BCUT2D eigenvalue weighted by molar-refractivity contribution is 5.94. The molecule has 2 atom stereocenters. The van der Waals surface area contributed by atoms with Crippen LogP contribution in [0.2, 0.25) is 0 Å². The number of alkyl halides is 3. The van der Waals surface area contributed by atoms with Crippen LogP contribution in [-0.2, 0) is 11.0 Å². The van der Waals surface area contributed by atoms with Crippen LogP contribution in [0.25, 0.3) is 22.3 Å². The zero-order valence-corrected chi connectivity index (χ0v) is 19.9. The molecule has 1 aliphatic heterocycles. The van der Waals surface area contributed by atoms with Crippen LogP contribution in [0.5, 0.6) is 0 Å². The number of aromatic nitrogens is 4. The molecule has 192 valence electrons. The number of halogens is 3. The van der Waals surface area contributed by atoms with E-state index in [1.54, 1.807) is 4.90 Å². The van der Waals surface area contributed by atoms with Crippen molar-refractivity contribution in [2.75, 3.05) is 18.4 Å². The molecule has 1 aliphatic rings. The third kappa shape index (κ3) is 5.47. The summed E-state index contributed by atoms with van der Waals surface area (Å²) in [5.74, 6) is 0.179. The fraction of sp³-hybridized carbons (Fsp3) is 0.417. The lowest BCUT2D eigenvalue weighted by Gasteiger charge is -2.36. The van der Waals surface area contributed by atoms with Gasteiger partial charge in [-0.25, -0.2) is 15.0 Å². The van der Waals surface area contributed by atoms with Gasteiger partial charge in [-0.1, -0.05) is 0 Å². The largest absolute Gasteiger partial charge is 0.417 e. The van der Waals surface area contributed by atoms with Crippen LogP contribution in [0, 0.1) is 28.6 Å². The van der Waals surface area contributed by atoms with Gasteiger partial charge in [0.1, 0.15) is 11.7 Å². The Labute approximate surface area is 210 Å². The normalized spacial score (nSPS) is 16.1. The molecule has 1 fully saturated rings. The van der Waals surface area contributed by atoms with E-state index in [1.165, 1.54) is 12.4 Å². The van der Waals surface area contributed by atoms with Gasteiger partial charge >= 0.3 is 6.18 Å². The highest BCUT2D eigenvalue weighted by atomic mass is 19.4. The van der Waals surface area contributed by atoms with E-state index in [9.17, 15) is 23.2 Å². The standard InChI is InChI=1S/C24H24F3N9O/c1-13(14-3-6-36(7-4-14)22(37)19(30)2-5-28)34-23-33-10-15(9-29)20(35-23)18-12-32-21-17(18)8-16(11-31-21)24(25,26)27/h8,10-14,19H,2-4,6-7,30H2,1H3,(H,31,32)(H,33,34,35)/t13-,19?/m1/s1. The Morgan fingerprint density at radius 2 is 2.03 bits per heavy atom. The minimum Gasteiger partial charge on any atom is -0.351 e. The number of amides is 1. The summed E-state index contributed by atoms with van der Waals surface area (Å²) < 4.78 is 39.7. The van der Waals surface area contributed by atoms with Crippen molar-refractivity contribution in [3.8, 4) is 23.4 Å². The molecule has 1 amide bonds. The van der Waals surface area contributed by atoms with Crippen molar-refractivity contribution in [1.82, 2.24) is 24.8 Å². The molecule has 10 nitrogen and oxygen atoms in total. The van der Waals surface area contributed by atoms with Crippen LogP contribution in [0.4, 0.5) is 19.1 Å². The molecule has 0 saturated carbocycles. The number of anilines is 1. The smallest absolute Gasteiger partial charge is 0.351 e. The van der Waals surface area contributed by atoms with E-state index in [2.05, 4.69) is 25.3 Å². The summed E-state index contributed by atoms with van der Waals surface area (Å²) in [6.07, 6.45) is 0.362. The summed E-state index contributed by atoms with van der Waals surface area (Å²) in [5.41, 5.74) is 5.71. The van der Waals surface area contributed by atoms with E-state index in [0.717, 1.165) is 12.3 Å². The van der Waals surface area contributed by atoms with E-state index in [4.69, 9.17) is 11.0 Å². The number of aromatic amines is 1. The number of pyridine rings is 1. The van der Waals surface area contributed by atoms with Gasteiger partial charge in [-0.3, -0.25) is 4.79 Å². The van der Waals surface area contributed by atoms with Gasteiger partial charge < -0.3 is 20.9 Å². The molecule has 0 aromatic carbocycles. The maximum atomic E-state index is 13.2. The number of rotatable bonds is 6. The molecule has 4 heterocycles. The summed E-state index contributed by atoms with van der Waals surface area (Å²) in [5, 5.41) is 21.8. The van der Waals surface area contributed by atoms with Crippen LogP contribution in [0.3, 0.4) is 0 Å². The Morgan fingerprint density at radius 3 is 2.68 bits per heavy atom. The predicted molar refractivity (Wildman–Crippen MR) is 127 cm³/mol. The molecule has 0 bridgehead atoms. The van der Waals surface area contributed by atoms with Crippen molar-refractivity contribution >= 4 is 22.9 Å². The Bertz CT molecular complexity index is 1380. The van der Waals surface area contributed by atoms with Crippen LogP contribution in [0.15, 0.2) is 24.7 Å². The van der Waals surface area contributed by atoms with Gasteiger partial charge in [-0.05, 0) is 31.7 Å². The Balaban J connectivity index is 1.52. The average molecular weight is 512 g/mol. The lowest BCUT2D eigenvalue weighted by Crippen LogP contribution is -2.48. The number of H-pyrrole nitrogens is 1. The number of piperidine rings is 1. The van der Waals surface area contributed by atoms with Gasteiger partial charge in [-0.2, -0.15) is 23.7 Å². The molecule has 4 rings (SSSR count). The van der Waals surface area contributed by atoms with Crippen molar-refractivity contribution in [3.63, 3.8) is 0 Å². The number of nitrogens with two attached hydrogens (primary N) is 1. The number of likely N-dealkylation sites (tertiary alicyclic amines) is 1. The second kappa shape index (κ2) is 10.4. The van der Waals surface area contributed by atoms with E-state index >= 15 is 0 Å². The fourth-order valence-corrected chi connectivity index (χ4v) is 4.45. The topological polar surface area (TPSA) is 160 Å². The number of nitriles is 2. The maximum Gasteiger partial charge on any atom is 0.417 e. The number of nitrogens with one attached hydrogen (secondary N) is 2.